The lowest BCUT2D eigenvalue weighted by atomic mass is 9.65. The number of rotatable bonds is 3. The number of likely N-dealkylation sites (tertiary alicyclic amines) is 1. The van der Waals surface area contributed by atoms with Crippen LogP contribution in [-0.2, 0) is 10.9 Å². The SMILES string of the molecule is CC(C)(C)OC(=O)N1CCC2(CC(Nc3ccc4ncc(-c5cccc(C(F)(F)F)c5)n4n3)C2)C1. The zero-order valence-corrected chi connectivity index (χ0v) is 19.9. The highest BCUT2D eigenvalue weighted by atomic mass is 19.4. The summed E-state index contributed by atoms with van der Waals surface area (Å²) in [4.78, 5) is 18.5. The summed E-state index contributed by atoms with van der Waals surface area (Å²) in [5.74, 6) is 0.630. The fourth-order valence-electron chi connectivity index (χ4n) is 5.05. The summed E-state index contributed by atoms with van der Waals surface area (Å²) in [6.07, 6.45) is -0.384. The van der Waals surface area contributed by atoms with E-state index in [1.807, 2.05) is 26.8 Å². The Morgan fingerprint density at radius 3 is 2.66 bits per heavy atom. The number of anilines is 1. The van der Waals surface area contributed by atoms with Crippen molar-refractivity contribution in [2.75, 3.05) is 18.4 Å². The van der Waals surface area contributed by atoms with Crippen LogP contribution >= 0.6 is 0 Å². The average molecular weight is 488 g/mol. The first kappa shape index (κ1) is 23.4. The van der Waals surface area contributed by atoms with Crippen LogP contribution in [-0.4, -0.2) is 50.3 Å². The molecule has 7 nitrogen and oxygen atoms in total. The van der Waals surface area contributed by atoms with E-state index in [1.165, 1.54) is 12.3 Å². The summed E-state index contributed by atoms with van der Waals surface area (Å²) >= 11 is 0. The molecule has 1 aliphatic carbocycles. The first-order valence-electron chi connectivity index (χ1n) is 11.7. The molecule has 1 saturated carbocycles. The number of carbonyl (C=O) groups excluding carboxylic acids is 1. The third-order valence-corrected chi connectivity index (χ3v) is 6.65. The Morgan fingerprint density at radius 1 is 1.17 bits per heavy atom. The molecule has 3 aromatic rings. The van der Waals surface area contributed by atoms with Gasteiger partial charge in [0.05, 0.1) is 17.5 Å². The highest BCUT2D eigenvalue weighted by Crippen LogP contribution is 2.49. The van der Waals surface area contributed by atoms with Gasteiger partial charge < -0.3 is 15.0 Å². The quantitative estimate of drug-likeness (QED) is 0.520. The summed E-state index contributed by atoms with van der Waals surface area (Å²) in [7, 11) is 0. The minimum atomic E-state index is -4.42. The highest BCUT2D eigenvalue weighted by Gasteiger charge is 2.50. The van der Waals surface area contributed by atoms with Gasteiger partial charge >= 0.3 is 12.3 Å². The van der Waals surface area contributed by atoms with Gasteiger partial charge in [0, 0.05) is 24.7 Å². The van der Waals surface area contributed by atoms with Gasteiger partial charge in [0.2, 0.25) is 0 Å². The molecule has 3 heterocycles. The third-order valence-electron chi connectivity index (χ3n) is 6.65. The minimum absolute atomic E-state index is 0.0941. The summed E-state index contributed by atoms with van der Waals surface area (Å²) in [6.45, 7) is 6.97. The predicted octanol–water partition coefficient (Wildman–Crippen LogP) is 5.62. The van der Waals surface area contributed by atoms with E-state index < -0.39 is 17.3 Å². The molecular weight excluding hydrogens is 459 g/mol. The Labute approximate surface area is 201 Å². The van der Waals surface area contributed by atoms with Gasteiger partial charge in [0.15, 0.2) is 5.65 Å². The molecule has 0 atom stereocenters. The predicted molar refractivity (Wildman–Crippen MR) is 125 cm³/mol. The van der Waals surface area contributed by atoms with Crippen LogP contribution in [0.3, 0.4) is 0 Å². The van der Waals surface area contributed by atoms with Crippen LogP contribution in [0, 0.1) is 5.41 Å². The van der Waals surface area contributed by atoms with Crippen molar-refractivity contribution in [3.05, 3.63) is 48.2 Å². The molecule has 35 heavy (non-hydrogen) atoms. The normalized spacial score (nSPS) is 22.5. The van der Waals surface area contributed by atoms with E-state index in [9.17, 15) is 18.0 Å². The third kappa shape index (κ3) is 4.78. The molecule has 1 amide bonds. The van der Waals surface area contributed by atoms with Crippen molar-refractivity contribution in [3.8, 4) is 11.3 Å². The Morgan fingerprint density at radius 2 is 1.94 bits per heavy atom. The molecule has 10 heteroatoms. The maximum absolute atomic E-state index is 13.2. The second-order valence-electron chi connectivity index (χ2n) is 10.6. The van der Waals surface area contributed by atoms with Crippen molar-refractivity contribution >= 4 is 17.6 Å². The molecule has 0 radical (unpaired) electrons. The van der Waals surface area contributed by atoms with Gasteiger partial charge in [-0.05, 0) is 69.7 Å². The molecule has 2 fully saturated rings. The van der Waals surface area contributed by atoms with Gasteiger partial charge in [-0.3, -0.25) is 0 Å². The number of carbonyl (C=O) groups is 1. The molecule has 1 aliphatic heterocycles. The number of amides is 1. The fraction of sp³-hybridized carbons (Fsp3) is 0.480. The van der Waals surface area contributed by atoms with Gasteiger partial charge in [-0.25, -0.2) is 14.3 Å². The van der Waals surface area contributed by atoms with Crippen molar-refractivity contribution in [3.63, 3.8) is 0 Å². The number of ether oxygens (including phenoxy) is 1. The van der Waals surface area contributed by atoms with Crippen LogP contribution in [0.4, 0.5) is 23.8 Å². The molecule has 2 aliphatic rings. The number of alkyl halides is 3. The molecule has 1 aromatic carbocycles. The number of hydrogen-bond donors (Lipinski definition) is 1. The zero-order valence-electron chi connectivity index (χ0n) is 19.9. The van der Waals surface area contributed by atoms with Gasteiger partial charge in [-0.15, -0.1) is 5.10 Å². The standard InChI is InChI=1S/C25H28F3N5O2/c1-23(2,3)35-22(34)32-10-9-24(15-32)12-18(13-24)30-20-7-8-21-29-14-19(33(21)31-20)16-5-4-6-17(11-16)25(26,27)28/h4-8,11,14,18H,9-10,12-13,15H2,1-3H3,(H,30,31). The van der Waals surface area contributed by atoms with Crippen LogP contribution < -0.4 is 5.32 Å². The molecule has 5 rings (SSSR count). The molecule has 0 unspecified atom stereocenters. The number of benzene rings is 1. The van der Waals surface area contributed by atoms with Gasteiger partial charge in [-0.1, -0.05) is 12.1 Å². The topological polar surface area (TPSA) is 71.8 Å². The first-order valence-corrected chi connectivity index (χ1v) is 11.7. The number of aromatic nitrogens is 3. The number of nitrogens with zero attached hydrogens (tertiary/aromatic N) is 4. The van der Waals surface area contributed by atoms with Crippen molar-refractivity contribution in [2.24, 2.45) is 5.41 Å². The van der Waals surface area contributed by atoms with Crippen LogP contribution in [0.5, 0.6) is 0 Å². The molecule has 0 bridgehead atoms. The highest BCUT2D eigenvalue weighted by molar-refractivity contribution is 5.68. The first-order chi connectivity index (χ1) is 16.4. The maximum atomic E-state index is 13.2. The maximum Gasteiger partial charge on any atom is 0.416 e. The summed E-state index contributed by atoms with van der Waals surface area (Å²) < 4.78 is 46.6. The monoisotopic (exact) mass is 487 g/mol. The average Bonchev–Trinajstić information content (AvgIpc) is 3.37. The fourth-order valence-corrected chi connectivity index (χ4v) is 5.05. The number of nitrogens with one attached hydrogen (secondary N) is 1. The van der Waals surface area contributed by atoms with Crippen LogP contribution in [0.15, 0.2) is 42.6 Å². The van der Waals surface area contributed by atoms with Crippen LogP contribution in [0.1, 0.15) is 45.6 Å². The molecule has 1 spiro atoms. The van der Waals surface area contributed by atoms with Crippen molar-refractivity contribution in [2.45, 2.75) is 57.9 Å². The van der Waals surface area contributed by atoms with Crippen molar-refractivity contribution < 1.29 is 22.7 Å². The van der Waals surface area contributed by atoms with E-state index in [0.29, 0.717) is 35.8 Å². The van der Waals surface area contributed by atoms with Gasteiger partial charge in [0.25, 0.3) is 0 Å². The minimum Gasteiger partial charge on any atom is -0.444 e. The van der Waals surface area contributed by atoms with E-state index in [2.05, 4.69) is 15.4 Å². The summed E-state index contributed by atoms with van der Waals surface area (Å²) in [5, 5.41) is 8.03. The lowest BCUT2D eigenvalue weighted by Crippen LogP contribution is -2.47. The lowest BCUT2D eigenvalue weighted by Gasteiger charge is -2.45. The van der Waals surface area contributed by atoms with E-state index in [4.69, 9.17) is 4.74 Å². The van der Waals surface area contributed by atoms with Crippen molar-refractivity contribution in [1.29, 1.82) is 0 Å². The molecular formula is C25H28F3N5O2. The second-order valence-corrected chi connectivity index (χ2v) is 10.6. The van der Waals surface area contributed by atoms with Crippen LogP contribution in [0.2, 0.25) is 0 Å². The van der Waals surface area contributed by atoms with Crippen molar-refractivity contribution in [1.82, 2.24) is 19.5 Å². The summed E-state index contributed by atoms with van der Waals surface area (Å²) in [5.41, 5.74) is 0.307. The Kier molecular flexibility index (Phi) is 5.45. The van der Waals surface area contributed by atoms with E-state index in [-0.39, 0.29) is 17.6 Å². The Bertz CT molecular complexity index is 1260. The summed E-state index contributed by atoms with van der Waals surface area (Å²) in [6, 6.07) is 8.98. The van der Waals surface area contributed by atoms with E-state index in [0.717, 1.165) is 31.4 Å². The molecule has 1 saturated heterocycles. The van der Waals surface area contributed by atoms with Gasteiger partial charge in [-0.2, -0.15) is 13.2 Å². The number of hydrogen-bond acceptors (Lipinski definition) is 5. The second kappa shape index (κ2) is 8.13. The Balaban J connectivity index is 1.26. The van der Waals surface area contributed by atoms with Crippen LogP contribution in [0.25, 0.3) is 16.9 Å². The largest absolute Gasteiger partial charge is 0.444 e. The van der Waals surface area contributed by atoms with E-state index in [1.54, 1.807) is 21.5 Å². The number of fused-ring (bicyclic) bond motifs is 1. The molecule has 2 aromatic heterocycles. The molecule has 186 valence electrons. The number of imidazole rings is 1. The number of halogens is 3. The zero-order chi connectivity index (χ0) is 25.0. The molecule has 1 N–H and O–H groups in total. The lowest BCUT2D eigenvalue weighted by molar-refractivity contribution is -0.137. The Hall–Kier alpha value is -3.30. The van der Waals surface area contributed by atoms with Gasteiger partial charge in [0.1, 0.15) is 11.4 Å². The van der Waals surface area contributed by atoms with E-state index >= 15 is 0 Å². The smallest absolute Gasteiger partial charge is 0.416 e.